The lowest BCUT2D eigenvalue weighted by atomic mass is 9.45. The fourth-order valence-corrected chi connectivity index (χ4v) is 3.12. The molecule has 64 valence electrons. The van der Waals surface area contributed by atoms with E-state index in [2.05, 4.69) is 20.8 Å². The molecule has 4 atom stereocenters. The van der Waals surface area contributed by atoms with E-state index in [0.29, 0.717) is 11.3 Å². The molecular formula is C10H18O. The number of rotatable bonds is 0. The second kappa shape index (κ2) is 2.01. The molecule has 3 aliphatic rings. The number of aliphatic hydroxyl groups excluding tert-OH is 1. The molecule has 0 amide bonds. The first-order valence-corrected chi connectivity index (χ1v) is 4.71. The molecule has 1 heteroatoms. The van der Waals surface area contributed by atoms with E-state index < -0.39 is 0 Å². The van der Waals surface area contributed by atoms with Crippen LogP contribution in [-0.4, -0.2) is 11.2 Å². The van der Waals surface area contributed by atoms with Gasteiger partial charge in [-0.05, 0) is 36.0 Å². The van der Waals surface area contributed by atoms with Crippen molar-refractivity contribution in [2.75, 3.05) is 0 Å². The van der Waals surface area contributed by atoms with E-state index >= 15 is 0 Å². The summed E-state index contributed by atoms with van der Waals surface area (Å²) in [6, 6.07) is 0. The van der Waals surface area contributed by atoms with Gasteiger partial charge in [0.15, 0.2) is 0 Å². The van der Waals surface area contributed by atoms with Crippen molar-refractivity contribution >= 4 is 0 Å². The van der Waals surface area contributed by atoms with Gasteiger partial charge in [-0.3, -0.25) is 0 Å². The molecule has 0 radical (unpaired) electrons. The summed E-state index contributed by atoms with van der Waals surface area (Å²) in [5.41, 5.74) is 0.526. The van der Waals surface area contributed by atoms with E-state index in [0.717, 1.165) is 18.3 Å². The number of hydrogen-bond acceptors (Lipinski definition) is 1. The predicted octanol–water partition coefficient (Wildman–Crippen LogP) is 2.05. The fraction of sp³-hybridized carbons (Fsp3) is 1.00. The maximum atomic E-state index is 9.61. The van der Waals surface area contributed by atoms with Gasteiger partial charge in [-0.25, -0.2) is 0 Å². The molecular weight excluding hydrogens is 136 g/mol. The van der Waals surface area contributed by atoms with Gasteiger partial charge < -0.3 is 5.11 Å². The van der Waals surface area contributed by atoms with Gasteiger partial charge in [-0.2, -0.15) is 0 Å². The monoisotopic (exact) mass is 154 g/mol. The Morgan fingerprint density at radius 3 is 2.27 bits per heavy atom. The van der Waals surface area contributed by atoms with Crippen LogP contribution in [0.4, 0.5) is 0 Å². The Labute approximate surface area is 68.8 Å². The van der Waals surface area contributed by atoms with E-state index in [4.69, 9.17) is 0 Å². The van der Waals surface area contributed by atoms with Crippen molar-refractivity contribution in [1.29, 1.82) is 0 Å². The summed E-state index contributed by atoms with van der Waals surface area (Å²) in [6.45, 7) is 6.91. The first-order valence-electron chi connectivity index (χ1n) is 4.71. The maximum absolute atomic E-state index is 9.61. The van der Waals surface area contributed by atoms with Crippen LogP contribution in [0.15, 0.2) is 0 Å². The molecule has 3 aliphatic carbocycles. The lowest BCUT2D eigenvalue weighted by molar-refractivity contribution is -0.154. The summed E-state index contributed by atoms with van der Waals surface area (Å²) >= 11 is 0. The molecule has 2 bridgehead atoms. The second-order valence-electron chi connectivity index (χ2n) is 5.02. The minimum atomic E-state index is -0.00762. The molecule has 0 aliphatic heterocycles. The van der Waals surface area contributed by atoms with Crippen molar-refractivity contribution in [2.24, 2.45) is 23.2 Å². The van der Waals surface area contributed by atoms with Crippen LogP contribution in [0, 0.1) is 23.2 Å². The summed E-state index contributed by atoms with van der Waals surface area (Å²) in [5.74, 6) is 2.13. The summed E-state index contributed by atoms with van der Waals surface area (Å²) in [7, 11) is 0. The molecule has 0 heterocycles. The molecule has 1 N–H and O–H groups in total. The summed E-state index contributed by atoms with van der Waals surface area (Å²) in [4.78, 5) is 0. The highest BCUT2D eigenvalue weighted by molar-refractivity contribution is 5.04. The minimum absolute atomic E-state index is 0.00762. The zero-order valence-electron chi connectivity index (χ0n) is 7.67. The zero-order valence-corrected chi connectivity index (χ0v) is 7.67. The predicted molar refractivity (Wildman–Crippen MR) is 45.2 cm³/mol. The number of aliphatic hydroxyl groups is 1. The number of fused-ring (bicyclic) bond motifs is 2. The highest BCUT2D eigenvalue weighted by atomic mass is 16.3. The van der Waals surface area contributed by atoms with E-state index in [1.165, 1.54) is 6.42 Å². The molecule has 3 unspecified atom stereocenters. The van der Waals surface area contributed by atoms with Crippen molar-refractivity contribution in [3.63, 3.8) is 0 Å². The van der Waals surface area contributed by atoms with Gasteiger partial charge in [0.2, 0.25) is 0 Å². The third-order valence-electron chi connectivity index (χ3n) is 4.31. The Bertz CT molecular complexity index is 174. The Morgan fingerprint density at radius 2 is 1.91 bits per heavy atom. The Kier molecular flexibility index (Phi) is 1.39. The summed E-state index contributed by atoms with van der Waals surface area (Å²) in [6.07, 6.45) is 2.40. The van der Waals surface area contributed by atoms with Gasteiger partial charge in [-0.15, -0.1) is 0 Å². The minimum Gasteiger partial charge on any atom is -0.393 e. The fourth-order valence-electron chi connectivity index (χ4n) is 3.12. The van der Waals surface area contributed by atoms with Crippen LogP contribution >= 0.6 is 0 Å². The molecule has 11 heavy (non-hydrogen) atoms. The molecule has 0 saturated heterocycles. The molecule has 3 saturated carbocycles. The number of hydrogen-bond donors (Lipinski definition) is 1. The van der Waals surface area contributed by atoms with E-state index in [9.17, 15) is 5.11 Å². The first-order chi connectivity index (χ1) is 5.03. The second-order valence-corrected chi connectivity index (χ2v) is 5.02. The van der Waals surface area contributed by atoms with Crippen LogP contribution in [-0.2, 0) is 0 Å². The first kappa shape index (κ1) is 7.60. The average Bonchev–Trinajstić information content (AvgIpc) is 1.93. The normalized spacial score (nSPS) is 53.5. The van der Waals surface area contributed by atoms with Crippen LogP contribution in [0.3, 0.4) is 0 Å². The van der Waals surface area contributed by atoms with Crippen LogP contribution < -0.4 is 0 Å². The smallest absolute Gasteiger partial charge is 0.0571 e. The van der Waals surface area contributed by atoms with Gasteiger partial charge in [0, 0.05) is 0 Å². The quantitative estimate of drug-likeness (QED) is 0.566. The topological polar surface area (TPSA) is 20.2 Å². The Balaban J connectivity index is 2.17. The molecule has 3 fully saturated rings. The summed E-state index contributed by atoms with van der Waals surface area (Å²) in [5, 5.41) is 9.61. The van der Waals surface area contributed by atoms with Crippen LogP contribution in [0.1, 0.15) is 33.6 Å². The highest BCUT2D eigenvalue weighted by Gasteiger charge is 2.55. The summed E-state index contributed by atoms with van der Waals surface area (Å²) < 4.78 is 0. The Morgan fingerprint density at radius 1 is 1.27 bits per heavy atom. The lowest BCUT2D eigenvalue weighted by Gasteiger charge is -2.61. The van der Waals surface area contributed by atoms with Crippen LogP contribution in [0.25, 0.3) is 0 Å². The standard InChI is InChI=1S/C10H18O/c1-6-8-4-7(5-9(6)11)10(8,2)3/h6-9,11H,4-5H2,1-3H3/t6-,7?,8?,9?/m1/s1. The van der Waals surface area contributed by atoms with Crippen molar-refractivity contribution < 1.29 is 5.11 Å². The van der Waals surface area contributed by atoms with E-state index in [-0.39, 0.29) is 6.10 Å². The van der Waals surface area contributed by atoms with Gasteiger partial charge in [0.1, 0.15) is 0 Å². The molecule has 3 rings (SSSR count). The van der Waals surface area contributed by atoms with Gasteiger partial charge in [0.25, 0.3) is 0 Å². The van der Waals surface area contributed by atoms with Crippen molar-refractivity contribution in [1.82, 2.24) is 0 Å². The SMILES string of the molecule is C[C@H]1C(O)CC2CC1C2(C)C. The van der Waals surface area contributed by atoms with Gasteiger partial charge in [0.05, 0.1) is 6.10 Å². The highest BCUT2D eigenvalue weighted by Crippen LogP contribution is 2.61. The third-order valence-corrected chi connectivity index (χ3v) is 4.31. The molecule has 1 nitrogen and oxygen atoms in total. The van der Waals surface area contributed by atoms with Crippen LogP contribution in [0.2, 0.25) is 0 Å². The van der Waals surface area contributed by atoms with Gasteiger partial charge >= 0.3 is 0 Å². The third kappa shape index (κ3) is 0.807. The lowest BCUT2D eigenvalue weighted by Crippen LogP contribution is -2.56. The van der Waals surface area contributed by atoms with E-state index in [1.807, 2.05) is 0 Å². The van der Waals surface area contributed by atoms with Gasteiger partial charge in [-0.1, -0.05) is 20.8 Å². The zero-order chi connectivity index (χ0) is 8.22. The van der Waals surface area contributed by atoms with Crippen LogP contribution in [0.5, 0.6) is 0 Å². The van der Waals surface area contributed by atoms with Crippen molar-refractivity contribution in [3.05, 3.63) is 0 Å². The Hall–Kier alpha value is -0.0400. The largest absolute Gasteiger partial charge is 0.393 e. The molecule has 0 aromatic rings. The molecule has 0 aromatic carbocycles. The average molecular weight is 154 g/mol. The maximum Gasteiger partial charge on any atom is 0.0571 e. The van der Waals surface area contributed by atoms with Crippen molar-refractivity contribution in [2.45, 2.75) is 39.7 Å². The molecule has 0 aromatic heterocycles. The van der Waals surface area contributed by atoms with Crippen molar-refractivity contribution in [3.8, 4) is 0 Å². The van der Waals surface area contributed by atoms with E-state index in [1.54, 1.807) is 0 Å². The molecule has 0 spiro atoms.